The maximum Gasteiger partial charge on any atom is 0.128 e. The average Bonchev–Trinajstić information content (AvgIpc) is 2.77. The van der Waals surface area contributed by atoms with Crippen LogP contribution in [0.15, 0.2) is 22.7 Å². The van der Waals surface area contributed by atoms with Crippen molar-refractivity contribution < 1.29 is 4.74 Å². The number of benzene rings is 1. The molecule has 0 spiro atoms. The summed E-state index contributed by atoms with van der Waals surface area (Å²) in [6, 6.07) is 8.00. The lowest BCUT2D eigenvalue weighted by molar-refractivity contribution is 0.415. The van der Waals surface area contributed by atoms with Gasteiger partial charge in [-0.1, -0.05) is 29.3 Å². The zero-order chi connectivity index (χ0) is 14.7. The summed E-state index contributed by atoms with van der Waals surface area (Å²) in [5, 5.41) is 9.19. The van der Waals surface area contributed by atoms with E-state index in [1.807, 2.05) is 18.2 Å². The van der Waals surface area contributed by atoms with E-state index < -0.39 is 0 Å². The molecule has 20 heavy (non-hydrogen) atoms. The first-order chi connectivity index (χ1) is 9.62. The molecule has 0 unspecified atom stereocenters. The number of nitrogens with zero attached hydrogens (tertiary/aromatic N) is 1. The van der Waals surface area contributed by atoms with Gasteiger partial charge in [-0.15, -0.1) is 11.3 Å². The molecule has 0 aliphatic heterocycles. The van der Waals surface area contributed by atoms with Crippen molar-refractivity contribution in [2.24, 2.45) is 0 Å². The van der Waals surface area contributed by atoms with Crippen LogP contribution in [0.5, 0.6) is 5.75 Å². The van der Waals surface area contributed by atoms with Gasteiger partial charge in [0.25, 0.3) is 0 Å². The van der Waals surface area contributed by atoms with E-state index in [4.69, 9.17) is 10.5 Å². The topological polar surface area (TPSA) is 59.0 Å². The van der Waals surface area contributed by atoms with Crippen molar-refractivity contribution >= 4 is 33.0 Å². The summed E-state index contributed by atoms with van der Waals surface area (Å²) < 4.78 is 6.26. The zero-order valence-corrected chi connectivity index (χ0v) is 13.8. The average molecular weight is 351 g/mol. The third-order valence-corrected chi connectivity index (χ3v) is 4.94. The van der Waals surface area contributed by atoms with Crippen LogP contribution in [0.25, 0.3) is 10.4 Å². The van der Waals surface area contributed by atoms with Crippen LogP contribution in [-0.4, -0.2) is 7.11 Å². The summed E-state index contributed by atoms with van der Waals surface area (Å²) in [4.78, 5) is 1.63. The minimum Gasteiger partial charge on any atom is -0.497 e. The minimum atomic E-state index is 0.582. The fourth-order valence-corrected chi connectivity index (χ4v) is 3.76. The van der Waals surface area contributed by atoms with E-state index in [0.717, 1.165) is 39.1 Å². The van der Waals surface area contributed by atoms with Crippen LogP contribution in [-0.2, 0) is 6.42 Å². The van der Waals surface area contributed by atoms with Crippen LogP contribution in [0.4, 0.5) is 5.69 Å². The van der Waals surface area contributed by atoms with Crippen LogP contribution in [0.2, 0.25) is 0 Å². The van der Waals surface area contributed by atoms with E-state index in [9.17, 15) is 5.26 Å². The Morgan fingerprint density at radius 2 is 2.20 bits per heavy atom. The SMILES string of the molecule is CCCc1c(-c2cc(OC)ccc2Br)sc(C#N)c1N. The van der Waals surface area contributed by atoms with Crippen molar-refractivity contribution in [2.75, 3.05) is 12.8 Å². The van der Waals surface area contributed by atoms with E-state index in [1.54, 1.807) is 7.11 Å². The second-order valence-corrected chi connectivity index (χ2v) is 6.24. The lowest BCUT2D eigenvalue weighted by Crippen LogP contribution is -1.93. The first kappa shape index (κ1) is 14.9. The highest BCUT2D eigenvalue weighted by Crippen LogP contribution is 2.43. The molecule has 0 amide bonds. The molecule has 0 radical (unpaired) electrons. The van der Waals surface area contributed by atoms with Gasteiger partial charge in [0.1, 0.15) is 16.7 Å². The lowest BCUT2D eigenvalue weighted by Gasteiger charge is -2.08. The van der Waals surface area contributed by atoms with Gasteiger partial charge in [-0.05, 0) is 30.2 Å². The Labute approximate surface area is 131 Å². The van der Waals surface area contributed by atoms with Crippen LogP contribution in [0.1, 0.15) is 23.8 Å². The van der Waals surface area contributed by atoms with Crippen LogP contribution < -0.4 is 10.5 Å². The van der Waals surface area contributed by atoms with Gasteiger partial charge in [-0.25, -0.2) is 0 Å². The Hall–Kier alpha value is -1.51. The fraction of sp³-hybridized carbons (Fsp3) is 0.267. The number of hydrogen-bond acceptors (Lipinski definition) is 4. The van der Waals surface area contributed by atoms with Gasteiger partial charge in [-0.2, -0.15) is 5.26 Å². The Kier molecular flexibility index (Phi) is 4.69. The number of rotatable bonds is 4. The smallest absolute Gasteiger partial charge is 0.128 e. The lowest BCUT2D eigenvalue weighted by atomic mass is 10.0. The third kappa shape index (κ3) is 2.67. The number of anilines is 1. The maximum absolute atomic E-state index is 9.19. The van der Waals surface area contributed by atoms with Crippen molar-refractivity contribution in [2.45, 2.75) is 19.8 Å². The molecular weight excluding hydrogens is 336 g/mol. The summed E-state index contributed by atoms with van der Waals surface area (Å²) >= 11 is 5.01. The molecule has 2 N–H and O–H groups in total. The Morgan fingerprint density at radius 3 is 2.80 bits per heavy atom. The van der Waals surface area contributed by atoms with Crippen molar-refractivity contribution in [1.29, 1.82) is 5.26 Å². The van der Waals surface area contributed by atoms with Gasteiger partial charge < -0.3 is 10.5 Å². The number of methoxy groups -OCH3 is 1. The van der Waals surface area contributed by atoms with Crippen molar-refractivity contribution in [3.8, 4) is 22.3 Å². The van der Waals surface area contributed by atoms with E-state index >= 15 is 0 Å². The quantitative estimate of drug-likeness (QED) is 0.876. The zero-order valence-electron chi connectivity index (χ0n) is 11.4. The molecule has 0 bridgehead atoms. The van der Waals surface area contributed by atoms with Gasteiger partial charge in [0, 0.05) is 14.9 Å². The third-order valence-electron chi connectivity index (χ3n) is 3.07. The summed E-state index contributed by atoms with van der Waals surface area (Å²) in [5.74, 6) is 0.788. The molecule has 1 aromatic carbocycles. The van der Waals surface area contributed by atoms with Gasteiger partial charge in [0.15, 0.2) is 0 Å². The molecule has 5 heteroatoms. The summed E-state index contributed by atoms with van der Waals surface area (Å²) in [6.07, 6.45) is 1.85. The van der Waals surface area contributed by atoms with Crippen LogP contribution in [0.3, 0.4) is 0 Å². The fourth-order valence-electron chi connectivity index (χ4n) is 2.08. The summed E-state index contributed by atoms with van der Waals surface area (Å²) in [6.45, 7) is 2.10. The van der Waals surface area contributed by atoms with E-state index in [0.29, 0.717) is 10.6 Å². The number of thiophene rings is 1. The number of nitrogen functional groups attached to an aromatic ring is 1. The molecule has 1 aromatic heterocycles. The highest BCUT2D eigenvalue weighted by molar-refractivity contribution is 9.10. The highest BCUT2D eigenvalue weighted by atomic mass is 79.9. The predicted molar refractivity (Wildman–Crippen MR) is 87.1 cm³/mol. The Balaban J connectivity index is 2.66. The number of ether oxygens (including phenoxy) is 1. The Bertz CT molecular complexity index is 673. The van der Waals surface area contributed by atoms with E-state index in [2.05, 4.69) is 28.9 Å². The summed E-state index contributed by atoms with van der Waals surface area (Å²) in [7, 11) is 1.64. The molecular formula is C15H15BrN2OS. The molecule has 0 atom stereocenters. The predicted octanol–water partition coefficient (Wildman–Crippen LogP) is 4.59. The first-order valence-corrected chi connectivity index (χ1v) is 7.88. The largest absolute Gasteiger partial charge is 0.497 e. The molecule has 1 heterocycles. The monoisotopic (exact) mass is 350 g/mol. The molecule has 0 aliphatic carbocycles. The second kappa shape index (κ2) is 6.29. The van der Waals surface area contributed by atoms with Crippen molar-refractivity contribution in [3.05, 3.63) is 33.1 Å². The molecule has 2 rings (SSSR count). The highest BCUT2D eigenvalue weighted by Gasteiger charge is 2.18. The standard InChI is InChI=1S/C15H15BrN2OS/c1-3-4-10-14(18)13(8-17)20-15(10)11-7-9(19-2)5-6-12(11)16/h5-7H,3-4,18H2,1-2H3. The van der Waals surface area contributed by atoms with E-state index in [-0.39, 0.29) is 0 Å². The van der Waals surface area contributed by atoms with Gasteiger partial charge >= 0.3 is 0 Å². The molecule has 0 saturated heterocycles. The molecule has 3 nitrogen and oxygen atoms in total. The van der Waals surface area contributed by atoms with Gasteiger partial charge in [0.2, 0.25) is 0 Å². The molecule has 0 aliphatic rings. The normalized spacial score (nSPS) is 10.3. The number of halogens is 1. The first-order valence-electron chi connectivity index (χ1n) is 6.27. The molecule has 0 fully saturated rings. The number of nitrogens with two attached hydrogens (primary N) is 1. The van der Waals surface area contributed by atoms with Crippen molar-refractivity contribution in [3.63, 3.8) is 0 Å². The van der Waals surface area contributed by atoms with Crippen LogP contribution >= 0.6 is 27.3 Å². The van der Waals surface area contributed by atoms with E-state index in [1.165, 1.54) is 11.3 Å². The Morgan fingerprint density at radius 1 is 1.45 bits per heavy atom. The molecule has 2 aromatic rings. The van der Waals surface area contributed by atoms with Gasteiger partial charge in [-0.3, -0.25) is 0 Å². The molecule has 104 valence electrons. The van der Waals surface area contributed by atoms with Crippen LogP contribution in [0, 0.1) is 11.3 Å². The number of hydrogen-bond donors (Lipinski definition) is 1. The second-order valence-electron chi connectivity index (χ2n) is 4.36. The number of nitriles is 1. The van der Waals surface area contributed by atoms with Gasteiger partial charge in [0.05, 0.1) is 12.8 Å². The summed E-state index contributed by atoms with van der Waals surface area (Å²) in [5.41, 5.74) is 8.79. The minimum absolute atomic E-state index is 0.582. The van der Waals surface area contributed by atoms with Crippen molar-refractivity contribution in [1.82, 2.24) is 0 Å². The maximum atomic E-state index is 9.19. The molecule has 0 saturated carbocycles.